The van der Waals surface area contributed by atoms with Crippen molar-refractivity contribution >= 4 is 27.5 Å². The maximum atomic E-state index is 14.2. The lowest BCUT2D eigenvalue weighted by atomic mass is 10.1. The zero-order valence-electron chi connectivity index (χ0n) is 24.4. The van der Waals surface area contributed by atoms with Gasteiger partial charge in [0, 0.05) is 19.2 Å². The highest BCUT2D eigenvalue weighted by Crippen LogP contribution is 2.36. The molecule has 0 unspecified atom stereocenters. The lowest BCUT2D eigenvalue weighted by Crippen LogP contribution is -2.52. The molecule has 2 amide bonds. The van der Waals surface area contributed by atoms with Crippen LogP contribution in [-0.4, -0.2) is 57.5 Å². The fourth-order valence-electron chi connectivity index (χ4n) is 4.83. The van der Waals surface area contributed by atoms with Gasteiger partial charge >= 0.3 is 0 Å². The number of aryl methyl sites for hydroxylation is 1. The van der Waals surface area contributed by atoms with Crippen LogP contribution in [-0.2, 0) is 26.2 Å². The van der Waals surface area contributed by atoms with Gasteiger partial charge in [0.1, 0.15) is 25.8 Å². The fourth-order valence-corrected chi connectivity index (χ4v) is 6.26. The quantitative estimate of drug-likeness (QED) is 0.289. The molecule has 0 spiro atoms. The summed E-state index contributed by atoms with van der Waals surface area (Å²) in [6.45, 7) is 6.71. The number of carbonyl (C=O) groups is 2. The van der Waals surface area contributed by atoms with E-state index in [2.05, 4.69) is 5.32 Å². The fraction of sp³-hybridized carbons (Fsp3) is 0.375. The van der Waals surface area contributed by atoms with Gasteiger partial charge in [-0.2, -0.15) is 0 Å². The first kappa shape index (κ1) is 30.9. The summed E-state index contributed by atoms with van der Waals surface area (Å²) in [7, 11) is -4.17. The van der Waals surface area contributed by atoms with E-state index in [1.807, 2.05) is 45.0 Å². The molecule has 10 heteroatoms. The Kier molecular flexibility index (Phi) is 10.5. The second kappa shape index (κ2) is 14.2. The van der Waals surface area contributed by atoms with Crippen LogP contribution >= 0.6 is 0 Å². The summed E-state index contributed by atoms with van der Waals surface area (Å²) in [5, 5.41) is 2.95. The Hall–Kier alpha value is -4.05. The Morgan fingerprint density at radius 2 is 1.62 bits per heavy atom. The number of benzene rings is 3. The number of hydrogen-bond donors (Lipinski definition) is 1. The Morgan fingerprint density at radius 1 is 0.929 bits per heavy atom. The molecule has 224 valence electrons. The van der Waals surface area contributed by atoms with E-state index in [4.69, 9.17) is 9.47 Å². The molecule has 0 fully saturated rings. The molecule has 0 saturated carbocycles. The normalized spacial score (nSPS) is 13.2. The number of nitrogens with zero attached hydrogens (tertiary/aromatic N) is 2. The summed E-state index contributed by atoms with van der Waals surface area (Å²) < 4.78 is 40.5. The minimum absolute atomic E-state index is 0.0440. The van der Waals surface area contributed by atoms with Crippen LogP contribution < -0.4 is 19.1 Å². The lowest BCUT2D eigenvalue weighted by Gasteiger charge is -2.33. The van der Waals surface area contributed by atoms with Crippen LogP contribution in [0, 0.1) is 6.92 Å². The van der Waals surface area contributed by atoms with Crippen LogP contribution in [0.3, 0.4) is 0 Å². The molecule has 0 aromatic heterocycles. The van der Waals surface area contributed by atoms with Gasteiger partial charge in [-0.1, -0.05) is 62.7 Å². The third-order valence-corrected chi connectivity index (χ3v) is 9.03. The number of hydrogen-bond acceptors (Lipinski definition) is 6. The molecule has 42 heavy (non-hydrogen) atoms. The minimum atomic E-state index is -4.17. The number of nitrogens with one attached hydrogen (secondary N) is 1. The van der Waals surface area contributed by atoms with Crippen LogP contribution in [0.25, 0.3) is 0 Å². The van der Waals surface area contributed by atoms with Crippen molar-refractivity contribution in [1.82, 2.24) is 10.2 Å². The SMILES string of the molecule is CCCCNC(=O)[C@@H](CC)N(Cc1ccccc1C)C(=O)CN(c1ccc2c(c1)OCCO2)S(=O)(=O)c1ccccc1. The second-order valence-electron chi connectivity index (χ2n) is 10.2. The van der Waals surface area contributed by atoms with E-state index in [-0.39, 0.29) is 23.0 Å². The van der Waals surface area contributed by atoms with E-state index in [9.17, 15) is 18.0 Å². The standard InChI is InChI=1S/C32H39N3O6S/c1-4-6-18-33-32(37)28(5-2)34(22-25-13-11-10-12-24(25)3)31(36)23-35(42(38,39)27-14-8-7-9-15-27)26-16-17-29-30(21-26)41-20-19-40-29/h7-17,21,28H,4-6,18-20,22-23H2,1-3H3,(H,33,37)/t28-/m1/s1. The highest BCUT2D eigenvalue weighted by molar-refractivity contribution is 7.92. The van der Waals surface area contributed by atoms with Gasteiger partial charge in [-0.05, 0) is 55.2 Å². The maximum absolute atomic E-state index is 14.2. The molecule has 4 rings (SSSR count). The van der Waals surface area contributed by atoms with E-state index < -0.39 is 28.5 Å². The third-order valence-electron chi connectivity index (χ3n) is 7.24. The first-order chi connectivity index (χ1) is 20.3. The third kappa shape index (κ3) is 7.23. The van der Waals surface area contributed by atoms with E-state index in [0.717, 1.165) is 28.3 Å². The summed E-state index contributed by atoms with van der Waals surface area (Å²) in [5.41, 5.74) is 2.10. The Balaban J connectivity index is 1.74. The predicted octanol–water partition coefficient (Wildman–Crippen LogP) is 4.69. The topological polar surface area (TPSA) is 105 Å². The van der Waals surface area contributed by atoms with Crippen molar-refractivity contribution in [3.63, 3.8) is 0 Å². The minimum Gasteiger partial charge on any atom is -0.486 e. The molecule has 3 aromatic rings. The number of carbonyl (C=O) groups excluding carboxylic acids is 2. The number of amides is 2. The molecule has 1 aliphatic rings. The van der Waals surface area contributed by atoms with E-state index in [0.29, 0.717) is 37.7 Å². The number of sulfonamides is 1. The van der Waals surface area contributed by atoms with Crippen molar-refractivity contribution < 1.29 is 27.5 Å². The van der Waals surface area contributed by atoms with Gasteiger partial charge in [-0.25, -0.2) is 8.42 Å². The zero-order chi connectivity index (χ0) is 30.1. The first-order valence-electron chi connectivity index (χ1n) is 14.3. The molecule has 1 atom stereocenters. The molecular formula is C32H39N3O6S. The van der Waals surface area contributed by atoms with Gasteiger partial charge < -0.3 is 19.7 Å². The summed E-state index contributed by atoms with van der Waals surface area (Å²) in [4.78, 5) is 29.1. The molecule has 1 heterocycles. The van der Waals surface area contributed by atoms with Crippen LogP contribution in [0.5, 0.6) is 11.5 Å². The van der Waals surface area contributed by atoms with Gasteiger partial charge in [-0.15, -0.1) is 0 Å². The van der Waals surface area contributed by atoms with E-state index >= 15 is 0 Å². The highest BCUT2D eigenvalue weighted by atomic mass is 32.2. The van der Waals surface area contributed by atoms with Crippen LogP contribution in [0.2, 0.25) is 0 Å². The van der Waals surface area contributed by atoms with Crippen molar-refractivity contribution in [1.29, 1.82) is 0 Å². The number of unbranched alkanes of at least 4 members (excludes halogenated alkanes) is 1. The van der Waals surface area contributed by atoms with Crippen LogP contribution in [0.15, 0.2) is 77.7 Å². The molecule has 0 bridgehead atoms. The summed E-state index contributed by atoms with van der Waals surface area (Å²) >= 11 is 0. The van der Waals surface area contributed by atoms with Crippen molar-refractivity contribution in [2.75, 3.05) is 30.6 Å². The van der Waals surface area contributed by atoms with Crippen LogP contribution in [0.4, 0.5) is 5.69 Å². The largest absolute Gasteiger partial charge is 0.486 e. The zero-order valence-corrected chi connectivity index (χ0v) is 25.2. The summed E-state index contributed by atoms with van der Waals surface area (Å²) in [6, 6.07) is 19.7. The van der Waals surface area contributed by atoms with Crippen LogP contribution in [0.1, 0.15) is 44.2 Å². The molecule has 3 aromatic carbocycles. The Bertz CT molecular complexity index is 1480. The molecular weight excluding hydrogens is 554 g/mol. The molecule has 0 saturated heterocycles. The number of ether oxygens (including phenoxy) is 2. The lowest BCUT2D eigenvalue weighted by molar-refractivity contribution is -0.140. The average Bonchev–Trinajstić information content (AvgIpc) is 3.00. The van der Waals surface area contributed by atoms with Crippen molar-refractivity contribution in [3.05, 3.63) is 83.9 Å². The van der Waals surface area contributed by atoms with Crippen molar-refractivity contribution in [2.24, 2.45) is 0 Å². The molecule has 1 N–H and O–H groups in total. The van der Waals surface area contributed by atoms with Gasteiger partial charge in [0.25, 0.3) is 10.0 Å². The number of rotatable bonds is 13. The van der Waals surface area contributed by atoms with E-state index in [1.165, 1.54) is 17.0 Å². The molecule has 0 radical (unpaired) electrons. The van der Waals surface area contributed by atoms with Gasteiger partial charge in [0.2, 0.25) is 11.8 Å². The molecule has 9 nitrogen and oxygen atoms in total. The van der Waals surface area contributed by atoms with Gasteiger partial charge in [0.05, 0.1) is 10.6 Å². The predicted molar refractivity (Wildman–Crippen MR) is 162 cm³/mol. The summed E-state index contributed by atoms with van der Waals surface area (Å²) in [5.74, 6) is 0.150. The molecule has 0 aliphatic carbocycles. The molecule has 1 aliphatic heterocycles. The van der Waals surface area contributed by atoms with Crippen molar-refractivity contribution in [3.8, 4) is 11.5 Å². The first-order valence-corrected chi connectivity index (χ1v) is 15.8. The highest BCUT2D eigenvalue weighted by Gasteiger charge is 2.34. The number of fused-ring (bicyclic) bond motifs is 1. The monoisotopic (exact) mass is 593 g/mol. The van der Waals surface area contributed by atoms with Gasteiger partial charge in [0.15, 0.2) is 11.5 Å². The average molecular weight is 594 g/mol. The Labute approximate surface area is 248 Å². The van der Waals surface area contributed by atoms with E-state index in [1.54, 1.807) is 36.4 Å². The number of anilines is 1. The van der Waals surface area contributed by atoms with Crippen molar-refractivity contribution in [2.45, 2.75) is 57.5 Å². The Morgan fingerprint density at radius 3 is 2.31 bits per heavy atom. The van der Waals surface area contributed by atoms with Gasteiger partial charge in [-0.3, -0.25) is 13.9 Å². The second-order valence-corrected chi connectivity index (χ2v) is 12.0. The maximum Gasteiger partial charge on any atom is 0.264 e. The smallest absolute Gasteiger partial charge is 0.264 e. The summed E-state index contributed by atoms with van der Waals surface area (Å²) in [6.07, 6.45) is 2.11.